The second-order valence-electron chi connectivity index (χ2n) is 11.9. The third-order valence-corrected chi connectivity index (χ3v) is 10.3. The van der Waals surface area contributed by atoms with Crippen LogP contribution in [0.3, 0.4) is 0 Å². The molecule has 5 aromatic carbocycles. The zero-order chi connectivity index (χ0) is 24.8. The number of rotatable bonds is 2. The molecule has 0 spiro atoms. The third kappa shape index (κ3) is 2.82. The molecule has 1 nitrogen and oxygen atoms in total. The van der Waals surface area contributed by atoms with Crippen molar-refractivity contribution < 1.29 is 0 Å². The van der Waals surface area contributed by atoms with Crippen LogP contribution in [0.1, 0.15) is 25.0 Å². The molecule has 0 saturated carbocycles. The van der Waals surface area contributed by atoms with Crippen molar-refractivity contribution in [1.82, 2.24) is 4.57 Å². The Kier molecular flexibility index (Phi) is 4.33. The SMILES string of the molecule is CC1(C)c2ccccc2-c2cc3c4ccccc4n(-c4cccc5cccc([Si](C)(C)C)c45)c3cc21. The molecule has 2 heteroatoms. The number of aromatic nitrogens is 1. The quantitative estimate of drug-likeness (QED) is 0.218. The first kappa shape index (κ1) is 21.6. The minimum absolute atomic E-state index is 0.0242. The molecule has 7 rings (SSSR count). The van der Waals surface area contributed by atoms with Gasteiger partial charge in [-0.05, 0) is 51.9 Å². The molecule has 0 radical (unpaired) electrons. The van der Waals surface area contributed by atoms with Crippen LogP contribution in [0.25, 0.3) is 49.4 Å². The highest BCUT2D eigenvalue weighted by Gasteiger charge is 2.36. The lowest BCUT2D eigenvalue weighted by atomic mass is 9.82. The molecule has 1 heterocycles. The van der Waals surface area contributed by atoms with E-state index in [-0.39, 0.29) is 5.41 Å². The molecule has 0 amide bonds. The Labute approximate surface area is 214 Å². The molecule has 0 fully saturated rings. The standard InChI is InChI=1S/C34H31NSi/c1-34(2)27-16-8-6-14-23(27)25-20-26-24-15-7-9-17-29(24)35(31(26)21-28(25)34)30-18-10-12-22-13-11-19-32(33(22)30)36(3,4)5/h6-21H,1-5H3. The van der Waals surface area contributed by atoms with Gasteiger partial charge in [0.1, 0.15) is 0 Å². The molecule has 0 aliphatic heterocycles. The molecule has 0 atom stereocenters. The van der Waals surface area contributed by atoms with Gasteiger partial charge in [-0.2, -0.15) is 0 Å². The van der Waals surface area contributed by atoms with Crippen LogP contribution in [0.15, 0.2) is 97.1 Å². The minimum atomic E-state index is -1.57. The fraction of sp³-hybridized carbons (Fsp3) is 0.176. The van der Waals surface area contributed by atoms with Gasteiger partial charge in [-0.15, -0.1) is 0 Å². The van der Waals surface area contributed by atoms with E-state index in [2.05, 4.69) is 135 Å². The first-order valence-electron chi connectivity index (χ1n) is 13.0. The van der Waals surface area contributed by atoms with Crippen LogP contribution < -0.4 is 5.19 Å². The lowest BCUT2D eigenvalue weighted by Crippen LogP contribution is -2.38. The molecule has 0 N–H and O–H groups in total. The van der Waals surface area contributed by atoms with Crippen LogP contribution in [-0.2, 0) is 5.41 Å². The van der Waals surface area contributed by atoms with Crippen LogP contribution in [0, 0.1) is 0 Å². The summed E-state index contributed by atoms with van der Waals surface area (Å²) in [5.74, 6) is 0. The summed E-state index contributed by atoms with van der Waals surface area (Å²) >= 11 is 0. The monoisotopic (exact) mass is 481 g/mol. The van der Waals surface area contributed by atoms with E-state index in [1.165, 1.54) is 65.7 Å². The van der Waals surface area contributed by atoms with Gasteiger partial charge < -0.3 is 4.57 Å². The molecular weight excluding hydrogens is 450 g/mol. The van der Waals surface area contributed by atoms with Gasteiger partial charge in [0.25, 0.3) is 0 Å². The molecule has 0 saturated heterocycles. The number of nitrogens with zero attached hydrogens (tertiary/aromatic N) is 1. The number of hydrogen-bond acceptors (Lipinski definition) is 0. The summed E-state index contributed by atoms with van der Waals surface area (Å²) < 4.78 is 2.54. The normalized spacial score (nSPS) is 14.5. The van der Waals surface area contributed by atoms with Crippen molar-refractivity contribution in [2.45, 2.75) is 38.9 Å². The highest BCUT2D eigenvalue weighted by Crippen LogP contribution is 2.51. The largest absolute Gasteiger partial charge is 0.309 e. The second-order valence-corrected chi connectivity index (χ2v) is 16.9. The van der Waals surface area contributed by atoms with E-state index < -0.39 is 8.07 Å². The van der Waals surface area contributed by atoms with Crippen molar-refractivity contribution in [3.63, 3.8) is 0 Å². The molecule has 1 aromatic heterocycles. The maximum Gasteiger partial charge on any atom is 0.0785 e. The topological polar surface area (TPSA) is 4.93 Å². The molecule has 1 aliphatic rings. The van der Waals surface area contributed by atoms with Crippen LogP contribution in [0.5, 0.6) is 0 Å². The number of fused-ring (bicyclic) bond motifs is 7. The number of para-hydroxylation sites is 1. The summed E-state index contributed by atoms with van der Waals surface area (Å²) in [4.78, 5) is 0. The van der Waals surface area contributed by atoms with Gasteiger partial charge in [0, 0.05) is 21.6 Å². The molecular formula is C34H31NSi. The second kappa shape index (κ2) is 7.21. The Morgan fingerprint density at radius 2 is 1.33 bits per heavy atom. The van der Waals surface area contributed by atoms with Gasteiger partial charge in [-0.25, -0.2) is 0 Å². The molecule has 0 bridgehead atoms. The Morgan fingerprint density at radius 3 is 2.14 bits per heavy atom. The first-order valence-corrected chi connectivity index (χ1v) is 16.5. The Bertz CT molecular complexity index is 1840. The molecule has 176 valence electrons. The van der Waals surface area contributed by atoms with Gasteiger partial charge in [-0.3, -0.25) is 0 Å². The van der Waals surface area contributed by atoms with Gasteiger partial charge in [-0.1, -0.05) is 111 Å². The van der Waals surface area contributed by atoms with Gasteiger partial charge in [0.15, 0.2) is 0 Å². The lowest BCUT2D eigenvalue weighted by Gasteiger charge is -2.23. The van der Waals surface area contributed by atoms with Crippen LogP contribution >= 0.6 is 0 Å². The molecule has 1 aliphatic carbocycles. The Morgan fingerprint density at radius 1 is 0.611 bits per heavy atom. The fourth-order valence-electron chi connectivity index (χ4n) is 6.56. The van der Waals surface area contributed by atoms with E-state index >= 15 is 0 Å². The van der Waals surface area contributed by atoms with E-state index in [4.69, 9.17) is 0 Å². The maximum absolute atomic E-state index is 2.54. The lowest BCUT2D eigenvalue weighted by molar-refractivity contribution is 0.661. The van der Waals surface area contributed by atoms with E-state index in [0.717, 1.165) is 0 Å². The van der Waals surface area contributed by atoms with Gasteiger partial charge in [0.2, 0.25) is 0 Å². The summed E-state index contributed by atoms with van der Waals surface area (Å²) in [6, 6.07) is 36.5. The molecule has 0 unspecified atom stereocenters. The van der Waals surface area contributed by atoms with Crippen molar-refractivity contribution >= 4 is 45.8 Å². The summed E-state index contributed by atoms with van der Waals surface area (Å²) in [6.45, 7) is 12.1. The van der Waals surface area contributed by atoms with Gasteiger partial charge in [0.05, 0.1) is 24.8 Å². The van der Waals surface area contributed by atoms with Crippen molar-refractivity contribution in [2.75, 3.05) is 0 Å². The summed E-state index contributed by atoms with van der Waals surface area (Å²) in [5, 5.41) is 6.91. The average Bonchev–Trinajstić information content (AvgIpc) is 3.31. The zero-order valence-electron chi connectivity index (χ0n) is 21.7. The molecule has 6 aromatic rings. The Hall–Kier alpha value is -3.62. The van der Waals surface area contributed by atoms with Gasteiger partial charge >= 0.3 is 0 Å². The maximum atomic E-state index is 2.54. The van der Waals surface area contributed by atoms with E-state index in [9.17, 15) is 0 Å². The van der Waals surface area contributed by atoms with Crippen molar-refractivity contribution in [3.8, 4) is 16.8 Å². The summed E-state index contributed by atoms with van der Waals surface area (Å²) in [6.07, 6.45) is 0. The van der Waals surface area contributed by atoms with Crippen LogP contribution in [0.2, 0.25) is 19.6 Å². The van der Waals surface area contributed by atoms with Crippen LogP contribution in [-0.4, -0.2) is 12.6 Å². The van der Waals surface area contributed by atoms with Crippen molar-refractivity contribution in [3.05, 3.63) is 108 Å². The first-order chi connectivity index (χ1) is 17.3. The smallest absolute Gasteiger partial charge is 0.0785 e. The average molecular weight is 482 g/mol. The predicted molar refractivity (Wildman–Crippen MR) is 159 cm³/mol. The van der Waals surface area contributed by atoms with Crippen LogP contribution in [0.4, 0.5) is 0 Å². The highest BCUT2D eigenvalue weighted by atomic mass is 28.3. The fourth-order valence-corrected chi connectivity index (χ4v) is 8.17. The van der Waals surface area contributed by atoms with Crippen molar-refractivity contribution in [1.29, 1.82) is 0 Å². The third-order valence-electron chi connectivity index (χ3n) is 8.31. The number of benzene rings is 5. The zero-order valence-corrected chi connectivity index (χ0v) is 22.7. The van der Waals surface area contributed by atoms with E-state index in [1.807, 2.05) is 0 Å². The van der Waals surface area contributed by atoms with E-state index in [1.54, 1.807) is 0 Å². The number of hydrogen-bond donors (Lipinski definition) is 0. The summed E-state index contributed by atoms with van der Waals surface area (Å²) in [5.41, 5.74) is 9.46. The summed E-state index contributed by atoms with van der Waals surface area (Å²) in [7, 11) is -1.57. The highest BCUT2D eigenvalue weighted by molar-refractivity contribution is 6.90. The van der Waals surface area contributed by atoms with E-state index in [0.29, 0.717) is 0 Å². The molecule has 36 heavy (non-hydrogen) atoms. The van der Waals surface area contributed by atoms with Crippen molar-refractivity contribution in [2.24, 2.45) is 0 Å². The predicted octanol–water partition coefficient (Wildman–Crippen LogP) is 8.79. The minimum Gasteiger partial charge on any atom is -0.309 e. The Balaban J connectivity index is 1.66.